The fraction of sp³-hybridized carbons (Fsp3) is 0.556. The number of nitrogens with zero attached hydrogens (tertiary/aromatic N) is 5. The summed E-state index contributed by atoms with van der Waals surface area (Å²) in [4.78, 5) is 14.9. The molecule has 0 spiro atoms. The fourth-order valence-corrected chi connectivity index (χ4v) is 3.38. The Kier molecular flexibility index (Phi) is 6.17. The number of benzene rings is 1. The molecule has 26 heavy (non-hydrogen) atoms. The normalized spacial score (nSPS) is 16.5. The highest BCUT2D eigenvalue weighted by atomic mass is 16.2. The molecule has 1 unspecified atom stereocenters. The van der Waals surface area contributed by atoms with Gasteiger partial charge in [0.25, 0.3) is 0 Å². The third kappa shape index (κ3) is 4.19. The number of likely N-dealkylation sites (tertiary alicyclic amines) is 1. The molecule has 8 nitrogen and oxygen atoms in total. The number of piperidine rings is 1. The number of hydrogen-bond acceptors (Lipinski definition) is 6. The van der Waals surface area contributed by atoms with E-state index in [1.807, 2.05) is 49.2 Å². The van der Waals surface area contributed by atoms with Gasteiger partial charge >= 0.3 is 0 Å². The van der Waals surface area contributed by atoms with E-state index in [1.54, 1.807) is 4.68 Å². The second kappa shape index (κ2) is 8.75. The maximum absolute atomic E-state index is 12.9. The molecule has 1 atom stereocenters. The highest BCUT2D eigenvalue weighted by Crippen LogP contribution is 2.19. The summed E-state index contributed by atoms with van der Waals surface area (Å²) in [6.07, 6.45) is 2.77. The van der Waals surface area contributed by atoms with Crippen LogP contribution < -0.4 is 10.6 Å². The van der Waals surface area contributed by atoms with Gasteiger partial charge in [0.1, 0.15) is 6.04 Å². The van der Waals surface area contributed by atoms with Crippen LogP contribution in [0.1, 0.15) is 26.2 Å². The van der Waals surface area contributed by atoms with Crippen LogP contribution in [0.2, 0.25) is 0 Å². The minimum Gasteiger partial charge on any atom is -0.341 e. The average molecular weight is 357 g/mol. The van der Waals surface area contributed by atoms with Gasteiger partial charge in [-0.1, -0.05) is 30.2 Å². The smallest absolute Gasteiger partial charge is 0.248 e. The van der Waals surface area contributed by atoms with Gasteiger partial charge in [-0.3, -0.25) is 4.79 Å². The van der Waals surface area contributed by atoms with Gasteiger partial charge in [0.05, 0.1) is 5.69 Å². The number of nitrogens with one attached hydrogen (secondary N) is 2. The van der Waals surface area contributed by atoms with Gasteiger partial charge in [0.2, 0.25) is 11.9 Å². The van der Waals surface area contributed by atoms with Crippen LogP contribution >= 0.6 is 0 Å². The maximum Gasteiger partial charge on any atom is 0.248 e. The number of aromatic nitrogens is 4. The topological polar surface area (TPSA) is 88.0 Å². The number of carbonyl (C=O) groups excluding carboxylic acids is 1. The summed E-state index contributed by atoms with van der Waals surface area (Å²) in [7, 11) is 1.98. The van der Waals surface area contributed by atoms with Gasteiger partial charge in [0.15, 0.2) is 0 Å². The Bertz CT molecular complexity index is 695. The lowest BCUT2D eigenvalue weighted by Crippen LogP contribution is -2.47. The first kappa shape index (κ1) is 18.3. The first-order chi connectivity index (χ1) is 12.7. The van der Waals surface area contributed by atoms with Crippen LogP contribution in [0.4, 0.5) is 5.95 Å². The first-order valence-corrected chi connectivity index (χ1v) is 9.26. The molecule has 1 amide bonds. The van der Waals surface area contributed by atoms with Crippen molar-refractivity contribution in [2.75, 3.05) is 32.0 Å². The standard InChI is InChI=1S/C18H27N7O/c1-3-16(17(26)24-11-9-14(10-12-24)13-19-2)20-18-21-22-23-25(18)15-7-5-4-6-8-15/h4-8,14,16,19H,3,9-13H2,1-2H3,(H,20,21,23). The zero-order chi connectivity index (χ0) is 18.4. The lowest BCUT2D eigenvalue weighted by molar-refractivity contribution is -0.133. The Morgan fingerprint density at radius 3 is 2.65 bits per heavy atom. The van der Waals surface area contributed by atoms with Gasteiger partial charge in [-0.25, -0.2) is 0 Å². The number of anilines is 1. The molecule has 1 saturated heterocycles. The summed E-state index contributed by atoms with van der Waals surface area (Å²) in [5.74, 6) is 1.27. The van der Waals surface area contributed by atoms with E-state index in [1.165, 1.54) is 0 Å². The van der Waals surface area contributed by atoms with Crippen molar-refractivity contribution >= 4 is 11.9 Å². The molecule has 140 valence electrons. The minimum absolute atomic E-state index is 0.123. The second-order valence-electron chi connectivity index (χ2n) is 6.68. The molecule has 1 aromatic carbocycles. The molecular weight excluding hydrogens is 330 g/mol. The Morgan fingerprint density at radius 1 is 1.27 bits per heavy atom. The summed E-state index contributed by atoms with van der Waals surface area (Å²) in [6, 6.07) is 9.33. The molecule has 1 fully saturated rings. The first-order valence-electron chi connectivity index (χ1n) is 9.26. The molecule has 2 heterocycles. The van der Waals surface area contributed by atoms with E-state index in [0.717, 1.165) is 38.2 Å². The molecule has 0 radical (unpaired) electrons. The number of tetrazole rings is 1. The van der Waals surface area contributed by atoms with Crippen LogP contribution in [0.3, 0.4) is 0 Å². The summed E-state index contributed by atoms with van der Waals surface area (Å²) in [6.45, 7) is 4.64. The molecule has 0 saturated carbocycles. The largest absolute Gasteiger partial charge is 0.341 e. The van der Waals surface area contributed by atoms with Crippen molar-refractivity contribution in [3.8, 4) is 5.69 Å². The van der Waals surface area contributed by atoms with E-state index in [-0.39, 0.29) is 11.9 Å². The Labute approximate surface area is 154 Å². The van der Waals surface area contributed by atoms with Crippen molar-refractivity contribution < 1.29 is 4.79 Å². The second-order valence-corrected chi connectivity index (χ2v) is 6.68. The summed E-state index contributed by atoms with van der Waals surface area (Å²) in [5.41, 5.74) is 0.857. The number of para-hydroxylation sites is 1. The SMILES string of the molecule is CCC(Nc1nnnn1-c1ccccc1)C(=O)N1CCC(CNC)CC1. The highest BCUT2D eigenvalue weighted by Gasteiger charge is 2.28. The third-order valence-corrected chi connectivity index (χ3v) is 4.90. The lowest BCUT2D eigenvalue weighted by Gasteiger charge is -2.34. The van der Waals surface area contributed by atoms with E-state index < -0.39 is 0 Å². The third-order valence-electron chi connectivity index (χ3n) is 4.90. The van der Waals surface area contributed by atoms with Crippen LogP contribution in [0.15, 0.2) is 30.3 Å². The quantitative estimate of drug-likeness (QED) is 0.777. The number of amides is 1. The number of carbonyl (C=O) groups is 1. The molecule has 2 N–H and O–H groups in total. The molecule has 0 aliphatic carbocycles. The molecule has 2 aromatic rings. The average Bonchev–Trinajstić information content (AvgIpc) is 3.15. The molecule has 0 bridgehead atoms. The van der Waals surface area contributed by atoms with Gasteiger partial charge in [-0.05, 0) is 61.3 Å². The summed E-state index contributed by atoms with van der Waals surface area (Å²) >= 11 is 0. The summed E-state index contributed by atoms with van der Waals surface area (Å²) < 4.78 is 1.62. The van der Waals surface area contributed by atoms with Crippen LogP contribution in [0.5, 0.6) is 0 Å². The Morgan fingerprint density at radius 2 is 2.00 bits per heavy atom. The van der Waals surface area contributed by atoms with Gasteiger partial charge < -0.3 is 15.5 Å². The van der Waals surface area contributed by atoms with Crippen LogP contribution in [0.25, 0.3) is 5.69 Å². The van der Waals surface area contributed by atoms with Crippen molar-refractivity contribution in [2.24, 2.45) is 5.92 Å². The molecular formula is C18H27N7O. The molecule has 1 aliphatic heterocycles. The molecule has 1 aliphatic rings. The van der Waals surface area contributed by atoms with Crippen molar-refractivity contribution in [3.05, 3.63) is 30.3 Å². The highest BCUT2D eigenvalue weighted by molar-refractivity contribution is 5.84. The minimum atomic E-state index is -0.329. The van der Waals surface area contributed by atoms with Gasteiger partial charge in [-0.2, -0.15) is 4.68 Å². The predicted octanol–water partition coefficient (Wildman–Crippen LogP) is 1.31. The number of hydrogen-bond donors (Lipinski definition) is 2. The molecule has 1 aromatic heterocycles. The van der Waals surface area contributed by atoms with Crippen LogP contribution in [0, 0.1) is 5.92 Å². The Hall–Kier alpha value is -2.48. The van der Waals surface area contributed by atoms with E-state index in [4.69, 9.17) is 0 Å². The van der Waals surface area contributed by atoms with Gasteiger partial charge in [-0.15, -0.1) is 0 Å². The molecule has 3 rings (SSSR count). The predicted molar refractivity (Wildman–Crippen MR) is 100 cm³/mol. The van der Waals surface area contributed by atoms with Crippen LogP contribution in [-0.2, 0) is 4.79 Å². The number of rotatable bonds is 7. The van der Waals surface area contributed by atoms with E-state index in [9.17, 15) is 4.79 Å². The van der Waals surface area contributed by atoms with Crippen molar-refractivity contribution in [1.82, 2.24) is 30.4 Å². The van der Waals surface area contributed by atoms with Gasteiger partial charge in [0, 0.05) is 13.1 Å². The maximum atomic E-state index is 12.9. The van der Waals surface area contributed by atoms with Crippen molar-refractivity contribution in [3.63, 3.8) is 0 Å². The van der Waals surface area contributed by atoms with E-state index in [2.05, 4.69) is 26.2 Å². The van der Waals surface area contributed by atoms with Crippen molar-refractivity contribution in [1.29, 1.82) is 0 Å². The zero-order valence-corrected chi connectivity index (χ0v) is 15.4. The summed E-state index contributed by atoms with van der Waals surface area (Å²) in [5, 5.41) is 18.3. The van der Waals surface area contributed by atoms with E-state index >= 15 is 0 Å². The van der Waals surface area contributed by atoms with Crippen LogP contribution in [-0.4, -0.2) is 63.7 Å². The molecule has 8 heteroatoms. The Balaban J connectivity index is 1.65. The lowest BCUT2D eigenvalue weighted by atomic mass is 9.96. The van der Waals surface area contributed by atoms with Crippen molar-refractivity contribution in [2.45, 2.75) is 32.2 Å². The fourth-order valence-electron chi connectivity index (χ4n) is 3.38. The monoisotopic (exact) mass is 357 g/mol. The van der Waals surface area contributed by atoms with E-state index in [0.29, 0.717) is 18.3 Å². The zero-order valence-electron chi connectivity index (χ0n) is 15.4.